The molecule has 0 aliphatic heterocycles. The molecule has 5 heteroatoms. The van der Waals surface area contributed by atoms with Gasteiger partial charge in [-0.2, -0.15) is 12.6 Å². The number of thiol groups is 1. The third-order valence-corrected chi connectivity index (χ3v) is 5.91. The molecule has 0 spiro atoms. The Balaban J connectivity index is 2.14. The number of ether oxygens (including phenoxy) is 1. The number of H-pyrrole nitrogens is 1. The van der Waals surface area contributed by atoms with Gasteiger partial charge >= 0.3 is 0 Å². The molecule has 2 aromatic rings. The lowest BCUT2D eigenvalue weighted by molar-refractivity contribution is 0.357. The molecule has 0 aliphatic carbocycles. The Labute approximate surface area is 130 Å². The number of fused-ring (bicyclic) bond motifs is 1. The first-order valence-electron chi connectivity index (χ1n) is 6.94. The molecule has 0 saturated heterocycles. The molecule has 0 radical (unpaired) electrons. The van der Waals surface area contributed by atoms with E-state index in [-0.39, 0.29) is 0 Å². The second-order valence-corrected chi connectivity index (χ2v) is 6.36. The normalized spacial score (nSPS) is 12.0. The largest absolute Gasteiger partial charge is 0.497 e. The van der Waals surface area contributed by atoms with Crippen LogP contribution in [0.3, 0.4) is 0 Å². The second kappa shape index (κ2) is 6.76. The smallest absolute Gasteiger partial charge is 0.166 e. The highest BCUT2D eigenvalue weighted by molar-refractivity contribution is 7.99. The molecule has 1 aromatic carbocycles. The van der Waals surface area contributed by atoms with Crippen molar-refractivity contribution in [2.75, 3.05) is 18.6 Å². The lowest BCUT2D eigenvalue weighted by Gasteiger charge is -2.28. The van der Waals surface area contributed by atoms with Crippen molar-refractivity contribution in [3.05, 3.63) is 18.2 Å². The number of aromatic amines is 1. The first kappa shape index (κ1) is 15.6. The lowest BCUT2D eigenvalue weighted by atomic mass is 9.87. The summed E-state index contributed by atoms with van der Waals surface area (Å²) in [5.41, 5.74) is 2.30. The van der Waals surface area contributed by atoms with Crippen LogP contribution in [0.25, 0.3) is 11.0 Å². The van der Waals surface area contributed by atoms with E-state index in [4.69, 9.17) is 4.74 Å². The topological polar surface area (TPSA) is 37.9 Å². The number of benzene rings is 1. The number of hydrogen-bond donors (Lipinski definition) is 2. The summed E-state index contributed by atoms with van der Waals surface area (Å²) in [6, 6.07) is 5.91. The zero-order valence-electron chi connectivity index (χ0n) is 12.3. The molecule has 2 rings (SSSR count). The number of nitrogens with one attached hydrogen (secondary N) is 1. The molecule has 0 bridgehead atoms. The van der Waals surface area contributed by atoms with E-state index in [9.17, 15) is 0 Å². The Hall–Kier alpha value is -0.810. The van der Waals surface area contributed by atoms with Gasteiger partial charge in [0.15, 0.2) is 5.16 Å². The van der Waals surface area contributed by atoms with Crippen molar-refractivity contribution in [3.8, 4) is 5.75 Å². The van der Waals surface area contributed by atoms with E-state index in [0.717, 1.165) is 46.3 Å². The van der Waals surface area contributed by atoms with Crippen molar-refractivity contribution in [2.45, 2.75) is 31.8 Å². The number of nitrogens with zero attached hydrogens (tertiary/aromatic N) is 1. The maximum absolute atomic E-state index is 5.23. The molecule has 1 N–H and O–H groups in total. The van der Waals surface area contributed by atoms with Crippen LogP contribution >= 0.6 is 24.4 Å². The lowest BCUT2D eigenvalue weighted by Crippen LogP contribution is -2.24. The van der Waals surface area contributed by atoms with Crippen molar-refractivity contribution < 1.29 is 4.74 Å². The van der Waals surface area contributed by atoms with E-state index in [1.807, 2.05) is 18.2 Å². The summed E-state index contributed by atoms with van der Waals surface area (Å²) < 4.78 is 5.23. The zero-order valence-corrected chi connectivity index (χ0v) is 14.0. The predicted molar refractivity (Wildman–Crippen MR) is 90.2 cm³/mol. The second-order valence-electron chi connectivity index (χ2n) is 5.08. The highest BCUT2D eigenvalue weighted by Gasteiger charge is 2.25. The van der Waals surface area contributed by atoms with Gasteiger partial charge in [0.2, 0.25) is 0 Å². The van der Waals surface area contributed by atoms with E-state index in [1.165, 1.54) is 0 Å². The van der Waals surface area contributed by atoms with Crippen molar-refractivity contribution >= 4 is 35.4 Å². The van der Waals surface area contributed by atoms with Crippen molar-refractivity contribution in [3.63, 3.8) is 0 Å². The standard InChI is InChI=1S/C15H22N2OS2/c1-4-15(5-2,9-19)10-20-14-16-12-7-6-11(18-3)8-13(12)17-14/h6-8,19H,4-5,9-10H2,1-3H3,(H,16,17). The molecule has 0 unspecified atom stereocenters. The first-order chi connectivity index (χ1) is 9.66. The minimum Gasteiger partial charge on any atom is -0.497 e. The fourth-order valence-corrected chi connectivity index (χ4v) is 4.11. The third-order valence-electron chi connectivity index (χ3n) is 4.02. The average Bonchev–Trinajstić information content (AvgIpc) is 2.91. The first-order valence-corrected chi connectivity index (χ1v) is 8.55. The van der Waals surface area contributed by atoms with Gasteiger partial charge in [-0.05, 0) is 36.1 Å². The van der Waals surface area contributed by atoms with Crippen LogP contribution in [-0.2, 0) is 0 Å². The highest BCUT2D eigenvalue weighted by Crippen LogP contribution is 2.34. The highest BCUT2D eigenvalue weighted by atomic mass is 32.2. The molecule has 0 fully saturated rings. The van der Waals surface area contributed by atoms with Gasteiger partial charge in [0, 0.05) is 11.8 Å². The van der Waals surface area contributed by atoms with Crippen LogP contribution in [0.5, 0.6) is 5.75 Å². The van der Waals surface area contributed by atoms with E-state index < -0.39 is 0 Å². The van der Waals surface area contributed by atoms with Gasteiger partial charge in [0.05, 0.1) is 18.1 Å². The van der Waals surface area contributed by atoms with Crippen molar-refractivity contribution in [1.82, 2.24) is 9.97 Å². The fourth-order valence-electron chi connectivity index (χ4n) is 2.11. The van der Waals surface area contributed by atoms with Gasteiger partial charge in [0.25, 0.3) is 0 Å². The molecule has 110 valence electrons. The minimum absolute atomic E-state index is 0.296. The van der Waals surface area contributed by atoms with Crippen molar-refractivity contribution in [1.29, 1.82) is 0 Å². The third kappa shape index (κ3) is 3.26. The van der Waals surface area contributed by atoms with Gasteiger partial charge in [-0.3, -0.25) is 0 Å². The molecular formula is C15H22N2OS2. The maximum atomic E-state index is 5.23. The fraction of sp³-hybridized carbons (Fsp3) is 0.533. The molecular weight excluding hydrogens is 288 g/mol. The minimum atomic E-state index is 0.296. The quantitative estimate of drug-likeness (QED) is 0.588. The van der Waals surface area contributed by atoms with Crippen LogP contribution in [0.1, 0.15) is 26.7 Å². The monoisotopic (exact) mass is 310 g/mol. The summed E-state index contributed by atoms with van der Waals surface area (Å²) in [5, 5.41) is 0.973. The maximum Gasteiger partial charge on any atom is 0.166 e. The van der Waals surface area contributed by atoms with Crippen LogP contribution in [0, 0.1) is 5.41 Å². The Morgan fingerprint density at radius 3 is 2.70 bits per heavy atom. The van der Waals surface area contributed by atoms with Gasteiger partial charge in [-0.15, -0.1) is 0 Å². The Bertz CT molecular complexity index is 556. The number of hydrogen-bond acceptors (Lipinski definition) is 4. The average molecular weight is 310 g/mol. The zero-order chi connectivity index (χ0) is 14.6. The van der Waals surface area contributed by atoms with E-state index in [1.54, 1.807) is 18.9 Å². The molecule has 1 heterocycles. The summed E-state index contributed by atoms with van der Waals surface area (Å²) in [6.07, 6.45) is 2.29. The van der Waals surface area contributed by atoms with Crippen LogP contribution in [0.2, 0.25) is 0 Å². The summed E-state index contributed by atoms with van der Waals surface area (Å²) in [4.78, 5) is 7.98. The Kier molecular flexibility index (Phi) is 5.27. The van der Waals surface area contributed by atoms with Gasteiger partial charge in [0.1, 0.15) is 5.75 Å². The SMILES string of the molecule is CCC(CC)(CS)CSc1nc2ccc(OC)cc2[nH]1. The van der Waals surface area contributed by atoms with Crippen LogP contribution in [0.15, 0.2) is 23.4 Å². The summed E-state index contributed by atoms with van der Waals surface area (Å²) in [6.45, 7) is 4.48. The molecule has 0 amide bonds. The van der Waals surface area contributed by atoms with Gasteiger partial charge < -0.3 is 9.72 Å². The molecule has 0 saturated carbocycles. The van der Waals surface area contributed by atoms with E-state index in [0.29, 0.717) is 5.41 Å². The molecule has 20 heavy (non-hydrogen) atoms. The molecule has 0 atom stereocenters. The number of aromatic nitrogens is 2. The van der Waals surface area contributed by atoms with Crippen LogP contribution in [-0.4, -0.2) is 28.6 Å². The Morgan fingerprint density at radius 2 is 2.10 bits per heavy atom. The molecule has 0 aliphatic rings. The number of imidazole rings is 1. The summed E-state index contributed by atoms with van der Waals surface area (Å²) >= 11 is 6.31. The number of rotatable bonds is 7. The molecule has 1 aromatic heterocycles. The number of methoxy groups -OCH3 is 1. The van der Waals surface area contributed by atoms with Crippen LogP contribution < -0.4 is 4.74 Å². The van der Waals surface area contributed by atoms with E-state index >= 15 is 0 Å². The number of thioether (sulfide) groups is 1. The summed E-state index contributed by atoms with van der Waals surface area (Å²) in [7, 11) is 1.68. The predicted octanol–water partition coefficient (Wildman–Crippen LogP) is 4.40. The van der Waals surface area contributed by atoms with Gasteiger partial charge in [-0.25, -0.2) is 4.98 Å². The Morgan fingerprint density at radius 1 is 1.35 bits per heavy atom. The summed E-state index contributed by atoms with van der Waals surface area (Å²) in [5.74, 6) is 2.81. The molecule has 3 nitrogen and oxygen atoms in total. The van der Waals surface area contributed by atoms with Crippen molar-refractivity contribution in [2.24, 2.45) is 5.41 Å². The van der Waals surface area contributed by atoms with Crippen LogP contribution in [0.4, 0.5) is 0 Å². The van der Waals surface area contributed by atoms with E-state index in [2.05, 4.69) is 36.4 Å². The van der Waals surface area contributed by atoms with Gasteiger partial charge in [-0.1, -0.05) is 25.6 Å².